The van der Waals surface area contributed by atoms with Crippen LogP contribution in [0.25, 0.3) is 5.57 Å². The van der Waals surface area contributed by atoms with Crippen LogP contribution in [0.1, 0.15) is 21.6 Å². The first-order valence-corrected chi connectivity index (χ1v) is 10.1. The summed E-state index contributed by atoms with van der Waals surface area (Å²) in [5.74, 6) is -1.37. The number of thiazole rings is 1. The van der Waals surface area contributed by atoms with Crippen LogP contribution in [0.2, 0.25) is 0 Å². The molecular weight excluding hydrogens is 402 g/mol. The number of fused-ring (bicyclic) bond motifs is 1. The lowest BCUT2D eigenvalue weighted by atomic mass is 10.1. The summed E-state index contributed by atoms with van der Waals surface area (Å²) < 4.78 is 0.968. The van der Waals surface area contributed by atoms with Crippen molar-refractivity contribution >= 4 is 34.4 Å². The molecule has 152 valence electrons. The lowest BCUT2D eigenvalue weighted by molar-refractivity contribution is -0.117. The summed E-state index contributed by atoms with van der Waals surface area (Å²) in [6.45, 7) is 5.40. The predicted octanol–water partition coefficient (Wildman–Crippen LogP) is 1.54. The van der Waals surface area contributed by atoms with Crippen LogP contribution >= 0.6 is 11.3 Å². The van der Waals surface area contributed by atoms with Gasteiger partial charge in [0.15, 0.2) is 0 Å². The molecule has 0 saturated heterocycles. The minimum atomic E-state index is -0.528. The van der Waals surface area contributed by atoms with Crippen molar-refractivity contribution in [1.29, 1.82) is 0 Å². The molecule has 0 unspecified atom stereocenters. The van der Waals surface area contributed by atoms with E-state index in [0.717, 1.165) is 32.6 Å². The molecule has 2 heterocycles. The van der Waals surface area contributed by atoms with Crippen molar-refractivity contribution in [3.8, 4) is 5.88 Å². The Balaban J connectivity index is 1.68. The lowest BCUT2D eigenvalue weighted by Gasteiger charge is -2.13. The van der Waals surface area contributed by atoms with E-state index >= 15 is 0 Å². The van der Waals surface area contributed by atoms with Crippen molar-refractivity contribution in [2.45, 2.75) is 27.3 Å². The maximum Gasteiger partial charge on any atom is 0.311 e. The molecule has 1 aromatic heterocycles. The number of aromatic hydroxyl groups is 1. The van der Waals surface area contributed by atoms with Gasteiger partial charge in [0.05, 0.1) is 10.9 Å². The molecule has 2 aromatic carbocycles. The topological polar surface area (TPSA) is 101 Å². The number of aryl methyl sites for hydroxylation is 3. The fourth-order valence-electron chi connectivity index (χ4n) is 3.68. The summed E-state index contributed by atoms with van der Waals surface area (Å²) in [6.07, 6.45) is 0. The van der Waals surface area contributed by atoms with E-state index in [0.29, 0.717) is 16.3 Å². The number of carbonyl (C=O) groups is 2. The fourth-order valence-corrected chi connectivity index (χ4v) is 4.62. The Morgan fingerprint density at radius 3 is 2.50 bits per heavy atom. The number of carbonyl (C=O) groups excluding carboxylic acids is 2. The SMILES string of the molecule is Cc1cc(C)c(NC(=O)Cn2c(O)c(C3=c4ccccc4=NC3=O)sc2=O)c(C)c1. The van der Waals surface area contributed by atoms with E-state index in [-0.39, 0.29) is 17.0 Å². The number of para-hydroxylation sites is 1. The van der Waals surface area contributed by atoms with Crippen molar-refractivity contribution in [3.63, 3.8) is 0 Å². The molecule has 0 atom stereocenters. The molecule has 0 radical (unpaired) electrons. The molecule has 7 nitrogen and oxygen atoms in total. The van der Waals surface area contributed by atoms with Gasteiger partial charge in [-0.3, -0.25) is 19.0 Å². The molecule has 3 aromatic rings. The van der Waals surface area contributed by atoms with Crippen LogP contribution in [-0.2, 0) is 16.1 Å². The Labute approximate surface area is 175 Å². The van der Waals surface area contributed by atoms with Gasteiger partial charge in [-0.05, 0) is 38.0 Å². The Kier molecular flexibility index (Phi) is 4.87. The van der Waals surface area contributed by atoms with Crippen molar-refractivity contribution in [2.75, 3.05) is 5.32 Å². The maximum absolute atomic E-state index is 12.6. The van der Waals surface area contributed by atoms with Crippen LogP contribution in [0.4, 0.5) is 5.69 Å². The second-order valence-electron chi connectivity index (χ2n) is 7.24. The van der Waals surface area contributed by atoms with Crippen LogP contribution in [0.15, 0.2) is 46.2 Å². The highest BCUT2D eigenvalue weighted by Gasteiger charge is 2.26. The van der Waals surface area contributed by atoms with Crippen molar-refractivity contribution in [3.05, 3.63) is 78.2 Å². The summed E-state index contributed by atoms with van der Waals surface area (Å²) in [5.41, 5.74) is 3.77. The van der Waals surface area contributed by atoms with Crippen molar-refractivity contribution in [1.82, 2.24) is 4.57 Å². The number of benzene rings is 2. The smallest absolute Gasteiger partial charge is 0.311 e. The van der Waals surface area contributed by atoms with E-state index in [9.17, 15) is 19.5 Å². The second-order valence-corrected chi connectivity index (χ2v) is 8.20. The van der Waals surface area contributed by atoms with E-state index < -0.39 is 22.6 Å². The highest BCUT2D eigenvalue weighted by Crippen LogP contribution is 2.28. The zero-order valence-electron chi connectivity index (χ0n) is 16.6. The summed E-state index contributed by atoms with van der Waals surface area (Å²) >= 11 is 0.722. The number of amides is 2. The Morgan fingerprint density at radius 2 is 1.80 bits per heavy atom. The van der Waals surface area contributed by atoms with Crippen molar-refractivity contribution in [2.24, 2.45) is 4.99 Å². The first-order chi connectivity index (χ1) is 14.3. The molecule has 0 spiro atoms. The normalized spacial score (nSPS) is 12.6. The number of nitrogens with one attached hydrogen (secondary N) is 1. The second kappa shape index (κ2) is 7.38. The minimum absolute atomic E-state index is 0.120. The van der Waals surface area contributed by atoms with Gasteiger partial charge in [-0.1, -0.05) is 47.2 Å². The van der Waals surface area contributed by atoms with Gasteiger partial charge in [-0.25, -0.2) is 4.99 Å². The molecule has 2 amide bonds. The van der Waals surface area contributed by atoms with Crippen LogP contribution in [0.3, 0.4) is 0 Å². The van der Waals surface area contributed by atoms with E-state index in [1.807, 2.05) is 32.9 Å². The molecule has 2 N–H and O–H groups in total. The predicted molar refractivity (Wildman–Crippen MR) is 114 cm³/mol. The molecule has 0 aliphatic carbocycles. The summed E-state index contributed by atoms with van der Waals surface area (Å²) in [5, 5.41) is 14.5. The standard InChI is InChI=1S/C22H19N3O4S/c1-11-8-12(2)18(13(3)9-11)24-16(26)10-25-21(28)19(30-22(25)29)17-14-6-4-5-7-15(14)23-20(17)27/h4-9,28H,10H2,1-3H3,(H,24,26). The van der Waals surface area contributed by atoms with E-state index in [4.69, 9.17) is 0 Å². The third kappa shape index (κ3) is 3.35. The van der Waals surface area contributed by atoms with Crippen LogP contribution in [0, 0.1) is 20.8 Å². The third-order valence-electron chi connectivity index (χ3n) is 4.95. The molecule has 30 heavy (non-hydrogen) atoms. The Hall–Kier alpha value is -3.52. The Morgan fingerprint density at radius 1 is 1.13 bits per heavy atom. The summed E-state index contributed by atoms with van der Waals surface area (Å²) in [4.78, 5) is 41.0. The Bertz CT molecular complexity index is 1380. The lowest BCUT2D eigenvalue weighted by Crippen LogP contribution is -2.24. The van der Waals surface area contributed by atoms with Crippen LogP contribution in [-0.4, -0.2) is 21.5 Å². The first kappa shape index (κ1) is 19.8. The zero-order valence-corrected chi connectivity index (χ0v) is 17.5. The summed E-state index contributed by atoms with van der Waals surface area (Å²) in [6, 6.07) is 10.8. The molecule has 0 bridgehead atoms. The van der Waals surface area contributed by atoms with Gasteiger partial charge >= 0.3 is 4.87 Å². The van der Waals surface area contributed by atoms with Gasteiger partial charge < -0.3 is 10.4 Å². The van der Waals surface area contributed by atoms with E-state index in [1.165, 1.54) is 0 Å². The highest BCUT2D eigenvalue weighted by molar-refractivity contribution is 7.11. The molecule has 1 aliphatic heterocycles. The first-order valence-electron chi connectivity index (χ1n) is 9.29. The van der Waals surface area contributed by atoms with Gasteiger partial charge in [0.2, 0.25) is 11.8 Å². The largest absolute Gasteiger partial charge is 0.493 e. The maximum atomic E-state index is 12.6. The average molecular weight is 421 g/mol. The quantitative estimate of drug-likeness (QED) is 0.667. The number of nitrogens with zero attached hydrogens (tertiary/aromatic N) is 2. The van der Waals surface area contributed by atoms with Gasteiger partial charge in [-0.2, -0.15) is 0 Å². The highest BCUT2D eigenvalue weighted by atomic mass is 32.1. The molecule has 8 heteroatoms. The van der Waals surface area contributed by atoms with Gasteiger partial charge in [0.25, 0.3) is 5.91 Å². The van der Waals surface area contributed by atoms with Gasteiger partial charge in [0, 0.05) is 10.9 Å². The van der Waals surface area contributed by atoms with Gasteiger partial charge in [0.1, 0.15) is 11.4 Å². The molecular formula is C22H19N3O4S. The number of aromatic nitrogens is 1. The number of hydrogen-bond acceptors (Lipinski definition) is 5. The number of anilines is 1. The number of rotatable bonds is 4. The van der Waals surface area contributed by atoms with Gasteiger partial charge in [-0.15, -0.1) is 0 Å². The van der Waals surface area contributed by atoms with Crippen molar-refractivity contribution < 1.29 is 14.7 Å². The minimum Gasteiger partial charge on any atom is -0.493 e. The molecule has 4 rings (SSSR count). The van der Waals surface area contributed by atoms with E-state index in [2.05, 4.69) is 10.3 Å². The molecule has 0 saturated carbocycles. The van der Waals surface area contributed by atoms with E-state index in [1.54, 1.807) is 24.3 Å². The zero-order chi connectivity index (χ0) is 21.6. The van der Waals surface area contributed by atoms with Crippen LogP contribution in [0.5, 0.6) is 5.88 Å². The van der Waals surface area contributed by atoms with Crippen LogP contribution < -0.4 is 20.8 Å². The number of hydrogen-bond donors (Lipinski definition) is 2. The fraction of sp³-hybridized carbons (Fsp3) is 0.182. The molecule has 1 aliphatic rings. The third-order valence-corrected chi connectivity index (χ3v) is 5.93. The summed E-state index contributed by atoms with van der Waals surface area (Å²) in [7, 11) is 0. The average Bonchev–Trinajstić information content (AvgIpc) is 3.14. The monoisotopic (exact) mass is 421 g/mol. The molecule has 0 fully saturated rings.